The standard InChI is InChI=1S/C14H15N5O2/c1-16-13-12(21-3)14(18-8-17-13)19-10-5-4-9(7-15)6-11(10)20-2/h4-6,8H,1-3H3,(H2,16,17,18,19). The monoisotopic (exact) mass is 285 g/mol. The van der Waals surface area contributed by atoms with Crippen LogP contribution in [0.1, 0.15) is 5.56 Å². The van der Waals surface area contributed by atoms with Crippen molar-refractivity contribution in [1.29, 1.82) is 5.26 Å². The van der Waals surface area contributed by atoms with Crippen LogP contribution in [-0.2, 0) is 0 Å². The largest absolute Gasteiger partial charge is 0.495 e. The fourth-order valence-corrected chi connectivity index (χ4v) is 1.83. The number of anilines is 3. The van der Waals surface area contributed by atoms with Crippen molar-refractivity contribution in [2.75, 3.05) is 31.9 Å². The van der Waals surface area contributed by atoms with Crippen LogP contribution in [0, 0.1) is 11.3 Å². The number of rotatable bonds is 5. The van der Waals surface area contributed by atoms with Gasteiger partial charge in [0.25, 0.3) is 0 Å². The summed E-state index contributed by atoms with van der Waals surface area (Å²) in [5.74, 6) is 2.11. The van der Waals surface area contributed by atoms with Gasteiger partial charge in [0.1, 0.15) is 12.1 Å². The van der Waals surface area contributed by atoms with Crippen LogP contribution in [-0.4, -0.2) is 31.2 Å². The second-order valence-corrected chi connectivity index (χ2v) is 4.01. The number of methoxy groups -OCH3 is 2. The van der Waals surface area contributed by atoms with E-state index < -0.39 is 0 Å². The molecule has 7 nitrogen and oxygen atoms in total. The van der Waals surface area contributed by atoms with Crippen LogP contribution in [0.5, 0.6) is 11.5 Å². The molecule has 1 aromatic heterocycles. The highest BCUT2D eigenvalue weighted by atomic mass is 16.5. The van der Waals surface area contributed by atoms with E-state index in [2.05, 4.69) is 26.7 Å². The molecule has 0 spiro atoms. The molecule has 108 valence electrons. The summed E-state index contributed by atoms with van der Waals surface area (Å²) >= 11 is 0. The molecule has 0 aliphatic rings. The first-order valence-electron chi connectivity index (χ1n) is 6.15. The van der Waals surface area contributed by atoms with Crippen LogP contribution in [0.4, 0.5) is 17.3 Å². The molecule has 0 saturated carbocycles. The number of ether oxygens (including phenoxy) is 2. The van der Waals surface area contributed by atoms with Gasteiger partial charge >= 0.3 is 0 Å². The quantitative estimate of drug-likeness (QED) is 0.869. The predicted octanol–water partition coefficient (Wildman–Crippen LogP) is 2.15. The molecule has 2 rings (SSSR count). The number of aromatic nitrogens is 2. The van der Waals surface area contributed by atoms with E-state index in [9.17, 15) is 0 Å². The topological polar surface area (TPSA) is 92.1 Å². The molecule has 0 unspecified atom stereocenters. The fraction of sp³-hybridized carbons (Fsp3) is 0.214. The fourth-order valence-electron chi connectivity index (χ4n) is 1.83. The molecular formula is C14H15N5O2. The average Bonchev–Trinajstić information content (AvgIpc) is 2.54. The molecular weight excluding hydrogens is 270 g/mol. The van der Waals surface area contributed by atoms with Crippen molar-refractivity contribution in [3.05, 3.63) is 30.1 Å². The zero-order valence-corrected chi connectivity index (χ0v) is 12.0. The van der Waals surface area contributed by atoms with Gasteiger partial charge in [-0.2, -0.15) is 5.26 Å². The summed E-state index contributed by atoms with van der Waals surface area (Å²) in [5, 5.41) is 15.0. The van der Waals surface area contributed by atoms with E-state index in [0.29, 0.717) is 34.4 Å². The molecule has 0 saturated heterocycles. The minimum Gasteiger partial charge on any atom is -0.495 e. The molecule has 2 aromatic rings. The van der Waals surface area contributed by atoms with E-state index in [4.69, 9.17) is 14.7 Å². The van der Waals surface area contributed by atoms with Crippen molar-refractivity contribution in [3.63, 3.8) is 0 Å². The lowest BCUT2D eigenvalue weighted by Gasteiger charge is -2.14. The first-order valence-corrected chi connectivity index (χ1v) is 6.15. The van der Waals surface area contributed by atoms with Gasteiger partial charge in [0.2, 0.25) is 5.75 Å². The van der Waals surface area contributed by atoms with Crippen LogP contribution in [0.3, 0.4) is 0 Å². The minimum atomic E-state index is 0.492. The normalized spacial score (nSPS) is 9.62. The first kappa shape index (κ1) is 14.4. The lowest BCUT2D eigenvalue weighted by Crippen LogP contribution is -2.04. The maximum atomic E-state index is 8.91. The molecule has 0 aliphatic carbocycles. The minimum absolute atomic E-state index is 0.492. The predicted molar refractivity (Wildman–Crippen MR) is 79.1 cm³/mol. The van der Waals surface area contributed by atoms with Crippen LogP contribution in [0.25, 0.3) is 0 Å². The van der Waals surface area contributed by atoms with Gasteiger partial charge in [-0.25, -0.2) is 9.97 Å². The summed E-state index contributed by atoms with van der Waals surface area (Å²) in [4.78, 5) is 8.24. The molecule has 0 aliphatic heterocycles. The van der Waals surface area contributed by atoms with Crippen molar-refractivity contribution in [2.24, 2.45) is 0 Å². The second kappa shape index (κ2) is 6.43. The Hall–Kier alpha value is -3.01. The van der Waals surface area contributed by atoms with Gasteiger partial charge in [-0.3, -0.25) is 0 Å². The number of nitriles is 1. The molecule has 1 aromatic carbocycles. The van der Waals surface area contributed by atoms with Gasteiger partial charge < -0.3 is 20.1 Å². The summed E-state index contributed by atoms with van der Waals surface area (Å²) < 4.78 is 10.6. The Morgan fingerprint density at radius 1 is 1.14 bits per heavy atom. The van der Waals surface area contributed by atoms with Crippen molar-refractivity contribution >= 4 is 17.3 Å². The van der Waals surface area contributed by atoms with E-state index in [1.54, 1.807) is 32.4 Å². The molecule has 1 heterocycles. The van der Waals surface area contributed by atoms with Crippen molar-refractivity contribution in [2.45, 2.75) is 0 Å². The van der Waals surface area contributed by atoms with Gasteiger partial charge in [0, 0.05) is 13.1 Å². The Labute approximate surface area is 122 Å². The third kappa shape index (κ3) is 2.95. The lowest BCUT2D eigenvalue weighted by atomic mass is 10.2. The SMILES string of the molecule is CNc1ncnc(Nc2ccc(C#N)cc2OC)c1OC. The van der Waals surface area contributed by atoms with Gasteiger partial charge in [0.05, 0.1) is 31.5 Å². The third-order valence-corrected chi connectivity index (χ3v) is 2.83. The Bertz CT molecular complexity index is 682. The zero-order valence-electron chi connectivity index (χ0n) is 12.0. The van der Waals surface area contributed by atoms with Crippen LogP contribution < -0.4 is 20.1 Å². The van der Waals surface area contributed by atoms with Crippen molar-refractivity contribution in [3.8, 4) is 17.6 Å². The first-order chi connectivity index (χ1) is 10.2. The van der Waals surface area contributed by atoms with E-state index in [1.165, 1.54) is 13.4 Å². The lowest BCUT2D eigenvalue weighted by molar-refractivity contribution is 0.413. The Kier molecular flexibility index (Phi) is 4.41. The Balaban J connectivity index is 2.41. The number of hydrogen-bond acceptors (Lipinski definition) is 7. The highest BCUT2D eigenvalue weighted by molar-refractivity contribution is 5.72. The summed E-state index contributed by atoms with van der Waals surface area (Å²) in [5.41, 5.74) is 1.19. The Morgan fingerprint density at radius 2 is 1.90 bits per heavy atom. The van der Waals surface area contributed by atoms with Gasteiger partial charge in [-0.15, -0.1) is 0 Å². The van der Waals surface area contributed by atoms with E-state index in [-0.39, 0.29) is 0 Å². The summed E-state index contributed by atoms with van der Waals surface area (Å²) in [6.07, 6.45) is 1.42. The summed E-state index contributed by atoms with van der Waals surface area (Å²) in [6, 6.07) is 7.15. The van der Waals surface area contributed by atoms with Gasteiger partial charge in [0.15, 0.2) is 11.6 Å². The van der Waals surface area contributed by atoms with E-state index in [0.717, 1.165) is 0 Å². The van der Waals surface area contributed by atoms with E-state index >= 15 is 0 Å². The molecule has 0 amide bonds. The van der Waals surface area contributed by atoms with E-state index in [1.807, 2.05) is 0 Å². The van der Waals surface area contributed by atoms with Crippen molar-refractivity contribution < 1.29 is 9.47 Å². The molecule has 0 bridgehead atoms. The van der Waals surface area contributed by atoms with Crippen molar-refractivity contribution in [1.82, 2.24) is 9.97 Å². The molecule has 0 fully saturated rings. The number of nitrogens with one attached hydrogen (secondary N) is 2. The molecule has 21 heavy (non-hydrogen) atoms. The molecule has 7 heteroatoms. The average molecular weight is 285 g/mol. The van der Waals surface area contributed by atoms with Crippen LogP contribution in [0.15, 0.2) is 24.5 Å². The number of nitrogens with zero attached hydrogens (tertiary/aromatic N) is 3. The highest BCUT2D eigenvalue weighted by Gasteiger charge is 2.13. The molecule has 0 atom stereocenters. The van der Waals surface area contributed by atoms with Crippen LogP contribution in [0.2, 0.25) is 0 Å². The maximum absolute atomic E-state index is 8.91. The molecule has 0 radical (unpaired) electrons. The Morgan fingerprint density at radius 3 is 2.52 bits per heavy atom. The second-order valence-electron chi connectivity index (χ2n) is 4.01. The highest BCUT2D eigenvalue weighted by Crippen LogP contribution is 2.34. The maximum Gasteiger partial charge on any atom is 0.204 e. The van der Waals surface area contributed by atoms with Crippen LogP contribution >= 0.6 is 0 Å². The number of hydrogen-bond donors (Lipinski definition) is 2. The number of benzene rings is 1. The zero-order chi connectivity index (χ0) is 15.2. The molecule has 2 N–H and O–H groups in total. The smallest absolute Gasteiger partial charge is 0.204 e. The third-order valence-electron chi connectivity index (χ3n) is 2.83. The summed E-state index contributed by atoms with van der Waals surface area (Å²) in [7, 11) is 4.83. The van der Waals surface area contributed by atoms with Gasteiger partial charge in [-0.05, 0) is 12.1 Å². The summed E-state index contributed by atoms with van der Waals surface area (Å²) in [6.45, 7) is 0. The van der Waals surface area contributed by atoms with Gasteiger partial charge in [-0.1, -0.05) is 0 Å².